The first kappa shape index (κ1) is 19.2. The highest BCUT2D eigenvalue weighted by molar-refractivity contribution is 6.47. The quantitative estimate of drug-likeness (QED) is 0.736. The summed E-state index contributed by atoms with van der Waals surface area (Å²) in [6.07, 6.45) is 2.42. The highest BCUT2D eigenvalue weighted by Crippen LogP contribution is 2.26. The first-order valence-electron chi connectivity index (χ1n) is 8.86. The first-order chi connectivity index (χ1) is 12.8. The summed E-state index contributed by atoms with van der Waals surface area (Å²) in [7, 11) is 3.58. The molecule has 2 aliphatic heterocycles. The van der Waals surface area contributed by atoms with Crippen LogP contribution in [0.25, 0.3) is 5.70 Å². The van der Waals surface area contributed by atoms with Crippen LogP contribution >= 0.6 is 0 Å². The van der Waals surface area contributed by atoms with Crippen LogP contribution in [0.3, 0.4) is 0 Å². The van der Waals surface area contributed by atoms with Crippen LogP contribution in [0, 0.1) is 11.2 Å². The number of nitrogens with one attached hydrogen (secondary N) is 2. The largest absolute Gasteiger partial charge is 0.388 e. The molecule has 0 aromatic heterocycles. The molecule has 0 atom stereocenters. The predicted octanol–water partition coefficient (Wildman–Crippen LogP) is 1.06. The lowest BCUT2D eigenvalue weighted by Gasteiger charge is -2.39. The zero-order valence-corrected chi connectivity index (χ0v) is 15.5. The maximum Gasteiger partial charge on any atom is 0.279 e. The molecule has 0 unspecified atom stereocenters. The minimum atomic E-state index is -0.993. The van der Waals surface area contributed by atoms with E-state index in [0.717, 1.165) is 13.1 Å². The van der Waals surface area contributed by atoms with E-state index < -0.39 is 17.3 Å². The Morgan fingerprint density at radius 3 is 2.67 bits per heavy atom. The van der Waals surface area contributed by atoms with Gasteiger partial charge in [-0.25, -0.2) is 9.38 Å². The van der Waals surface area contributed by atoms with Gasteiger partial charge in [0.05, 0.1) is 24.2 Å². The Morgan fingerprint density at radius 2 is 2.04 bits per heavy atom. The number of nitrogens with zero attached hydrogens (tertiary/aromatic N) is 3. The third-order valence-electron chi connectivity index (χ3n) is 5.05. The Balaban J connectivity index is 1.88. The van der Waals surface area contributed by atoms with Gasteiger partial charge in [0.25, 0.3) is 5.91 Å². The van der Waals surface area contributed by atoms with Crippen LogP contribution < -0.4 is 5.32 Å². The molecule has 0 bridgehead atoms. The SMILES string of the molecule is CN/C(=C1/N=CN(CC2(O)CCN(C)CC2)C(=O)C1=N)c1ccccc1F. The minimum Gasteiger partial charge on any atom is -0.388 e. The second-order valence-corrected chi connectivity index (χ2v) is 7.03. The second-order valence-electron chi connectivity index (χ2n) is 7.03. The Bertz CT molecular complexity index is 812. The average Bonchev–Trinajstić information content (AvgIpc) is 2.65. The van der Waals surface area contributed by atoms with Crippen molar-refractivity contribution in [3.8, 4) is 0 Å². The van der Waals surface area contributed by atoms with Gasteiger partial charge in [0, 0.05) is 25.7 Å². The van der Waals surface area contributed by atoms with Gasteiger partial charge in [-0.15, -0.1) is 0 Å². The molecule has 144 valence electrons. The fraction of sp³-hybridized carbons (Fsp3) is 0.421. The first-order valence-corrected chi connectivity index (χ1v) is 8.86. The average molecular weight is 373 g/mol. The molecule has 0 spiro atoms. The smallest absolute Gasteiger partial charge is 0.279 e. The van der Waals surface area contributed by atoms with Gasteiger partial charge in [-0.05, 0) is 32.0 Å². The number of carbonyl (C=O) groups excluding carboxylic acids is 1. The number of piperidine rings is 1. The monoisotopic (exact) mass is 373 g/mol. The van der Waals surface area contributed by atoms with Crippen molar-refractivity contribution in [2.24, 2.45) is 4.99 Å². The number of β-amino-alcohol motifs (C(OH)–C–C–N with tert-alkyl or cyclic N) is 1. The van der Waals surface area contributed by atoms with E-state index in [1.165, 1.54) is 17.3 Å². The maximum atomic E-state index is 14.1. The van der Waals surface area contributed by atoms with Gasteiger partial charge >= 0.3 is 0 Å². The second kappa shape index (κ2) is 7.58. The lowest BCUT2D eigenvalue weighted by atomic mass is 9.91. The predicted molar refractivity (Wildman–Crippen MR) is 102 cm³/mol. The van der Waals surface area contributed by atoms with Crippen LogP contribution in [0.15, 0.2) is 35.0 Å². The molecule has 2 aliphatic rings. The number of benzene rings is 1. The van der Waals surface area contributed by atoms with E-state index in [4.69, 9.17) is 5.41 Å². The molecule has 3 N–H and O–H groups in total. The number of aliphatic hydroxyl groups is 1. The van der Waals surface area contributed by atoms with E-state index in [2.05, 4.69) is 15.2 Å². The van der Waals surface area contributed by atoms with E-state index in [9.17, 15) is 14.3 Å². The summed E-state index contributed by atoms with van der Waals surface area (Å²) in [5, 5.41) is 21.8. The van der Waals surface area contributed by atoms with Crippen molar-refractivity contribution >= 4 is 23.7 Å². The molecule has 1 aromatic carbocycles. The molecule has 0 saturated carbocycles. The topological polar surface area (TPSA) is 92.0 Å². The summed E-state index contributed by atoms with van der Waals surface area (Å²) in [6.45, 7) is 1.58. The molecule has 3 rings (SSSR count). The van der Waals surface area contributed by atoms with Crippen LogP contribution in [0.4, 0.5) is 4.39 Å². The molecule has 0 aliphatic carbocycles. The van der Waals surface area contributed by atoms with E-state index in [0.29, 0.717) is 12.8 Å². The van der Waals surface area contributed by atoms with Crippen LogP contribution in [0.5, 0.6) is 0 Å². The normalized spacial score (nSPS) is 22.1. The van der Waals surface area contributed by atoms with Gasteiger partial charge in [0.15, 0.2) is 0 Å². The summed E-state index contributed by atoms with van der Waals surface area (Å²) in [5.74, 6) is -1.02. The summed E-state index contributed by atoms with van der Waals surface area (Å²) >= 11 is 0. The molecule has 1 fully saturated rings. The fourth-order valence-corrected chi connectivity index (χ4v) is 3.35. The van der Waals surface area contributed by atoms with Gasteiger partial charge in [-0.3, -0.25) is 15.1 Å². The van der Waals surface area contributed by atoms with Gasteiger partial charge in [-0.1, -0.05) is 12.1 Å². The van der Waals surface area contributed by atoms with Crippen molar-refractivity contribution in [2.75, 3.05) is 33.7 Å². The third kappa shape index (κ3) is 3.91. The molecule has 2 heterocycles. The number of rotatable bonds is 4. The highest BCUT2D eigenvalue weighted by Gasteiger charge is 2.37. The van der Waals surface area contributed by atoms with Crippen LogP contribution in [-0.2, 0) is 4.79 Å². The lowest BCUT2D eigenvalue weighted by Crippen LogP contribution is -2.53. The number of hydrogen-bond acceptors (Lipinski definition) is 6. The van der Waals surface area contributed by atoms with Crippen molar-refractivity contribution in [3.05, 3.63) is 41.3 Å². The Kier molecular flexibility index (Phi) is 5.38. The maximum absolute atomic E-state index is 14.1. The third-order valence-corrected chi connectivity index (χ3v) is 5.05. The van der Waals surface area contributed by atoms with Gasteiger partial charge in [0.2, 0.25) is 0 Å². The molecule has 1 aromatic rings. The van der Waals surface area contributed by atoms with Gasteiger partial charge in [-0.2, -0.15) is 0 Å². The summed E-state index contributed by atoms with van der Waals surface area (Å²) in [6, 6.07) is 6.12. The van der Waals surface area contributed by atoms with Crippen molar-refractivity contribution in [2.45, 2.75) is 18.4 Å². The molecule has 27 heavy (non-hydrogen) atoms. The molecule has 0 radical (unpaired) electrons. The van der Waals surface area contributed by atoms with E-state index in [-0.39, 0.29) is 29.2 Å². The summed E-state index contributed by atoms with van der Waals surface area (Å²) < 4.78 is 14.1. The number of likely N-dealkylation sites (tertiary alicyclic amines) is 1. The number of amides is 1. The molecule has 1 saturated heterocycles. The zero-order chi connectivity index (χ0) is 19.6. The van der Waals surface area contributed by atoms with Crippen molar-refractivity contribution in [3.63, 3.8) is 0 Å². The molecule has 8 heteroatoms. The number of hydrogen-bond donors (Lipinski definition) is 3. The van der Waals surface area contributed by atoms with Crippen molar-refractivity contribution in [1.82, 2.24) is 15.1 Å². The van der Waals surface area contributed by atoms with Gasteiger partial charge < -0.3 is 15.3 Å². The minimum absolute atomic E-state index is 0.0826. The fourth-order valence-electron chi connectivity index (χ4n) is 3.35. The molecule has 1 amide bonds. The van der Waals surface area contributed by atoms with Crippen LogP contribution in [-0.4, -0.2) is 72.2 Å². The summed E-state index contributed by atoms with van der Waals surface area (Å²) in [4.78, 5) is 20.3. The van der Waals surface area contributed by atoms with Crippen LogP contribution in [0.2, 0.25) is 0 Å². The number of aliphatic imine (C=N–C) groups is 1. The Labute approximate surface area is 157 Å². The molecular weight excluding hydrogens is 349 g/mol. The van der Waals surface area contributed by atoms with E-state index >= 15 is 0 Å². The van der Waals surface area contributed by atoms with Crippen molar-refractivity contribution < 1.29 is 14.3 Å². The molecular formula is C19H24FN5O2. The standard InChI is InChI=1S/C19H24FN5O2/c1-22-16(13-5-3-4-6-14(13)20)17-15(21)18(26)25(12-23-17)11-19(27)7-9-24(2)10-8-19/h3-6,12,21-22,27H,7-11H2,1-2H3/b17-16+,21-15?. The highest BCUT2D eigenvalue weighted by atomic mass is 19.1. The summed E-state index contributed by atoms with van der Waals surface area (Å²) in [5.41, 5.74) is -0.721. The Morgan fingerprint density at radius 1 is 1.37 bits per heavy atom. The van der Waals surface area contributed by atoms with E-state index in [1.807, 2.05) is 7.05 Å². The molecule has 7 nitrogen and oxygen atoms in total. The zero-order valence-electron chi connectivity index (χ0n) is 15.5. The number of halogens is 1. The van der Waals surface area contributed by atoms with Crippen molar-refractivity contribution in [1.29, 1.82) is 5.41 Å². The lowest BCUT2D eigenvalue weighted by molar-refractivity contribution is -0.124. The van der Waals surface area contributed by atoms with Gasteiger partial charge in [0.1, 0.15) is 17.2 Å². The van der Waals surface area contributed by atoms with E-state index in [1.54, 1.807) is 25.2 Å². The Hall–Kier alpha value is -2.58. The van der Waals surface area contributed by atoms with Crippen LogP contribution in [0.1, 0.15) is 18.4 Å². The number of carbonyl (C=O) groups is 1.